The molecule has 3 atom stereocenters. The van der Waals surface area contributed by atoms with Crippen molar-refractivity contribution in [3.63, 3.8) is 0 Å². The third kappa shape index (κ3) is 6.50. The van der Waals surface area contributed by atoms with Gasteiger partial charge in [-0.25, -0.2) is 0 Å². The van der Waals surface area contributed by atoms with Crippen LogP contribution in [0.1, 0.15) is 34.1 Å². The first-order valence-electron chi connectivity index (χ1n) is 7.14. The molecule has 0 aliphatic heterocycles. The van der Waals surface area contributed by atoms with Gasteiger partial charge in [-0.05, 0) is 25.1 Å². The summed E-state index contributed by atoms with van der Waals surface area (Å²) in [5.41, 5.74) is 0. The predicted octanol–water partition coefficient (Wildman–Crippen LogP) is 3.32. The summed E-state index contributed by atoms with van der Waals surface area (Å²) in [5, 5.41) is 10.4. The van der Waals surface area contributed by atoms with Crippen LogP contribution in [0.25, 0.3) is 0 Å². The molecule has 0 heterocycles. The molecule has 0 amide bonds. The van der Waals surface area contributed by atoms with E-state index in [4.69, 9.17) is 13.9 Å². The number of aliphatic hydroxyl groups is 1. The van der Waals surface area contributed by atoms with Crippen LogP contribution in [0, 0.1) is 0 Å². The quantitative estimate of drug-likeness (QED) is 0.403. The van der Waals surface area contributed by atoms with Crippen molar-refractivity contribution in [3.8, 4) is 0 Å². The van der Waals surface area contributed by atoms with Gasteiger partial charge in [0.15, 0.2) is 8.32 Å². The Morgan fingerprint density at radius 3 is 2.25 bits per heavy atom. The van der Waals surface area contributed by atoms with Gasteiger partial charge in [-0.1, -0.05) is 26.8 Å². The van der Waals surface area contributed by atoms with Crippen molar-refractivity contribution in [1.82, 2.24) is 0 Å². The minimum absolute atomic E-state index is 0.0144. The van der Waals surface area contributed by atoms with E-state index >= 15 is 0 Å². The van der Waals surface area contributed by atoms with Crippen molar-refractivity contribution in [2.24, 2.45) is 0 Å². The van der Waals surface area contributed by atoms with Crippen LogP contribution >= 0.6 is 0 Å². The first-order chi connectivity index (χ1) is 9.05. The Labute approximate surface area is 125 Å². The molecule has 0 bridgehead atoms. The van der Waals surface area contributed by atoms with Gasteiger partial charge in [0.25, 0.3) is 0 Å². The molecule has 0 aliphatic carbocycles. The Morgan fingerprint density at radius 2 is 1.85 bits per heavy atom. The lowest BCUT2D eigenvalue weighted by Gasteiger charge is -2.39. The second kappa shape index (κ2) is 8.29. The highest BCUT2D eigenvalue weighted by Gasteiger charge is 2.38. The van der Waals surface area contributed by atoms with Gasteiger partial charge in [0, 0.05) is 19.6 Å². The molecule has 5 heteroatoms. The molecular weight excluding hydrogens is 272 g/mol. The second-order valence-corrected chi connectivity index (χ2v) is 11.5. The molecule has 0 saturated carbocycles. The lowest BCUT2D eigenvalue weighted by molar-refractivity contribution is -0.0990. The summed E-state index contributed by atoms with van der Waals surface area (Å²) >= 11 is 0. The number of rotatable bonds is 9. The van der Waals surface area contributed by atoms with Gasteiger partial charge in [0.05, 0.1) is 6.10 Å². The first kappa shape index (κ1) is 19.8. The van der Waals surface area contributed by atoms with Crippen molar-refractivity contribution in [2.75, 3.05) is 13.9 Å². The van der Waals surface area contributed by atoms with Crippen molar-refractivity contribution in [1.29, 1.82) is 0 Å². The summed E-state index contributed by atoms with van der Waals surface area (Å²) in [4.78, 5) is 0. The summed E-state index contributed by atoms with van der Waals surface area (Å²) in [7, 11) is -0.256. The van der Waals surface area contributed by atoms with E-state index in [0.29, 0.717) is 6.42 Å². The third-order valence-corrected chi connectivity index (χ3v) is 8.47. The maximum absolute atomic E-state index is 10.2. The fourth-order valence-electron chi connectivity index (χ4n) is 1.68. The molecule has 0 aromatic carbocycles. The Hall–Kier alpha value is -0.203. The van der Waals surface area contributed by atoms with Crippen LogP contribution in [-0.4, -0.2) is 45.6 Å². The number of ether oxygens (including phenoxy) is 2. The number of methoxy groups -OCH3 is 1. The maximum atomic E-state index is 10.2. The lowest BCUT2D eigenvalue weighted by atomic mass is 10.1. The highest BCUT2D eigenvalue weighted by molar-refractivity contribution is 6.74. The SMILES string of the molecule is C=C[C@H](OCOC)[C@@H](O)C[C@H](C)O[Si](C)(C)C(C)(C)C. The molecule has 1 N–H and O–H groups in total. The standard InChI is InChI=1S/C15H32O4Si/c1-9-14(18-11-17-6)13(16)10-12(2)19-20(7,8)15(3,4)5/h9,12-14,16H,1,10-11H2,2-8H3/t12-,13-,14-/m0/s1. The van der Waals surface area contributed by atoms with Gasteiger partial charge in [-0.15, -0.1) is 6.58 Å². The van der Waals surface area contributed by atoms with Crippen LogP contribution in [0.2, 0.25) is 18.1 Å². The smallest absolute Gasteiger partial charge is 0.192 e. The Morgan fingerprint density at radius 1 is 1.30 bits per heavy atom. The van der Waals surface area contributed by atoms with E-state index in [1.807, 2.05) is 6.92 Å². The van der Waals surface area contributed by atoms with Crippen molar-refractivity contribution < 1.29 is 19.0 Å². The number of hydrogen-bond acceptors (Lipinski definition) is 4. The zero-order valence-electron chi connectivity index (χ0n) is 14.1. The van der Waals surface area contributed by atoms with E-state index in [1.54, 1.807) is 13.2 Å². The summed E-state index contributed by atoms with van der Waals surface area (Å²) in [6.45, 7) is 16.9. The Bertz CT molecular complexity index is 286. The van der Waals surface area contributed by atoms with Gasteiger partial charge in [-0.3, -0.25) is 0 Å². The summed E-state index contributed by atoms with van der Waals surface area (Å²) < 4.78 is 16.4. The minimum Gasteiger partial charge on any atom is -0.414 e. The zero-order valence-corrected chi connectivity index (χ0v) is 15.1. The van der Waals surface area contributed by atoms with Crippen LogP contribution in [0.3, 0.4) is 0 Å². The molecule has 0 aliphatic rings. The van der Waals surface area contributed by atoms with Crippen LogP contribution in [0.5, 0.6) is 0 Å². The normalized spacial score (nSPS) is 17.6. The van der Waals surface area contributed by atoms with Crippen molar-refractivity contribution in [2.45, 2.75) is 70.6 Å². The predicted molar refractivity (Wildman–Crippen MR) is 85.3 cm³/mol. The highest BCUT2D eigenvalue weighted by atomic mass is 28.4. The van der Waals surface area contributed by atoms with Crippen molar-refractivity contribution >= 4 is 8.32 Å². The molecule has 0 rings (SSSR count). The monoisotopic (exact) mass is 304 g/mol. The van der Waals surface area contributed by atoms with E-state index in [0.717, 1.165) is 0 Å². The molecule has 120 valence electrons. The van der Waals surface area contributed by atoms with Gasteiger partial charge in [0.2, 0.25) is 0 Å². The molecule has 0 fully saturated rings. The van der Waals surface area contributed by atoms with E-state index in [1.165, 1.54) is 0 Å². The molecule has 0 spiro atoms. The van der Waals surface area contributed by atoms with E-state index < -0.39 is 20.5 Å². The van der Waals surface area contributed by atoms with Crippen LogP contribution in [0.15, 0.2) is 12.7 Å². The van der Waals surface area contributed by atoms with Gasteiger partial charge < -0.3 is 19.0 Å². The fraction of sp³-hybridized carbons (Fsp3) is 0.867. The van der Waals surface area contributed by atoms with E-state index in [-0.39, 0.29) is 17.9 Å². The van der Waals surface area contributed by atoms with Crippen LogP contribution in [-0.2, 0) is 13.9 Å². The third-order valence-electron chi connectivity index (χ3n) is 3.87. The van der Waals surface area contributed by atoms with Gasteiger partial charge in [-0.2, -0.15) is 0 Å². The topological polar surface area (TPSA) is 47.9 Å². The first-order valence-corrected chi connectivity index (χ1v) is 10.0. The van der Waals surface area contributed by atoms with Crippen LogP contribution < -0.4 is 0 Å². The fourth-order valence-corrected chi connectivity index (χ4v) is 3.14. The molecule has 4 nitrogen and oxygen atoms in total. The Balaban J connectivity index is 4.44. The summed E-state index contributed by atoms with van der Waals surface area (Å²) in [6, 6.07) is 0. The zero-order chi connectivity index (χ0) is 16.0. The largest absolute Gasteiger partial charge is 0.414 e. The molecular formula is C15H32O4Si. The number of aliphatic hydroxyl groups excluding tert-OH is 1. The number of hydrogen-bond donors (Lipinski definition) is 1. The molecule has 0 radical (unpaired) electrons. The average molecular weight is 305 g/mol. The summed E-state index contributed by atoms with van der Waals surface area (Å²) in [5.74, 6) is 0. The average Bonchev–Trinajstić information content (AvgIpc) is 2.27. The van der Waals surface area contributed by atoms with Gasteiger partial charge in [0.1, 0.15) is 12.9 Å². The van der Waals surface area contributed by atoms with Gasteiger partial charge >= 0.3 is 0 Å². The minimum atomic E-state index is -1.81. The lowest BCUT2D eigenvalue weighted by Crippen LogP contribution is -2.44. The molecule has 0 unspecified atom stereocenters. The van der Waals surface area contributed by atoms with E-state index in [2.05, 4.69) is 40.4 Å². The Kier molecular flexibility index (Phi) is 8.21. The summed E-state index contributed by atoms with van der Waals surface area (Å²) in [6.07, 6.45) is 1.04. The van der Waals surface area contributed by atoms with Crippen LogP contribution in [0.4, 0.5) is 0 Å². The molecule has 0 saturated heterocycles. The van der Waals surface area contributed by atoms with Crippen molar-refractivity contribution in [3.05, 3.63) is 12.7 Å². The molecule has 0 aromatic rings. The second-order valence-electron chi connectivity index (χ2n) is 6.77. The molecule has 20 heavy (non-hydrogen) atoms. The highest BCUT2D eigenvalue weighted by Crippen LogP contribution is 2.37. The maximum Gasteiger partial charge on any atom is 0.192 e. The molecule has 0 aromatic heterocycles. The van der Waals surface area contributed by atoms with E-state index in [9.17, 15) is 5.11 Å².